The Bertz CT molecular complexity index is 403. The van der Waals surface area contributed by atoms with Crippen molar-refractivity contribution in [3.63, 3.8) is 0 Å². The number of halogens is 1. The number of benzene rings is 1. The summed E-state index contributed by atoms with van der Waals surface area (Å²) in [6, 6.07) is 4.08. The first-order valence-corrected chi connectivity index (χ1v) is 7.27. The monoisotopic (exact) mass is 313 g/mol. The van der Waals surface area contributed by atoms with Crippen molar-refractivity contribution in [3.8, 4) is 11.5 Å². The van der Waals surface area contributed by atoms with Crippen molar-refractivity contribution >= 4 is 15.9 Å². The van der Waals surface area contributed by atoms with E-state index < -0.39 is 0 Å². The molecule has 2 N–H and O–H groups in total. The Morgan fingerprint density at radius 3 is 2.67 bits per heavy atom. The molecule has 3 nitrogen and oxygen atoms in total. The van der Waals surface area contributed by atoms with E-state index in [1.54, 1.807) is 7.11 Å². The first kappa shape index (κ1) is 13.7. The molecule has 1 aliphatic carbocycles. The number of rotatable bonds is 5. The van der Waals surface area contributed by atoms with Crippen LogP contribution in [-0.4, -0.2) is 19.8 Å². The van der Waals surface area contributed by atoms with E-state index in [1.165, 1.54) is 18.4 Å². The van der Waals surface area contributed by atoms with Gasteiger partial charge >= 0.3 is 0 Å². The molecule has 2 rings (SSSR count). The zero-order valence-corrected chi connectivity index (χ0v) is 12.3. The Kier molecular flexibility index (Phi) is 4.89. The van der Waals surface area contributed by atoms with Gasteiger partial charge in [-0.2, -0.15) is 0 Å². The number of ether oxygens (including phenoxy) is 2. The Balaban J connectivity index is 2.21. The van der Waals surface area contributed by atoms with Gasteiger partial charge in [0.15, 0.2) is 11.5 Å². The van der Waals surface area contributed by atoms with Crippen LogP contribution in [0.15, 0.2) is 16.6 Å². The zero-order valence-electron chi connectivity index (χ0n) is 10.7. The summed E-state index contributed by atoms with van der Waals surface area (Å²) in [4.78, 5) is 0. The van der Waals surface area contributed by atoms with Gasteiger partial charge in [0.1, 0.15) is 0 Å². The second kappa shape index (κ2) is 6.43. The topological polar surface area (TPSA) is 44.5 Å². The predicted octanol–water partition coefficient (Wildman–Crippen LogP) is 3.28. The largest absolute Gasteiger partial charge is 0.493 e. The Morgan fingerprint density at radius 1 is 1.33 bits per heavy atom. The third kappa shape index (κ3) is 3.18. The molecule has 0 atom stereocenters. The molecule has 100 valence electrons. The van der Waals surface area contributed by atoms with Gasteiger partial charge in [-0.25, -0.2) is 0 Å². The zero-order chi connectivity index (χ0) is 13.0. The highest BCUT2D eigenvalue weighted by Crippen LogP contribution is 2.39. The Labute approximate surface area is 117 Å². The number of hydrogen-bond acceptors (Lipinski definition) is 3. The maximum atomic E-state index is 6.06. The van der Waals surface area contributed by atoms with Crippen molar-refractivity contribution in [1.82, 2.24) is 0 Å². The molecule has 1 aromatic rings. The van der Waals surface area contributed by atoms with E-state index in [4.69, 9.17) is 15.2 Å². The van der Waals surface area contributed by atoms with Crippen LogP contribution in [0.3, 0.4) is 0 Å². The third-order valence-corrected chi connectivity index (χ3v) is 3.90. The summed E-state index contributed by atoms with van der Waals surface area (Å²) in [7, 11) is 1.68. The van der Waals surface area contributed by atoms with Crippen LogP contribution in [0.1, 0.15) is 31.2 Å². The summed E-state index contributed by atoms with van der Waals surface area (Å²) >= 11 is 3.57. The molecule has 0 saturated heterocycles. The van der Waals surface area contributed by atoms with Crippen molar-refractivity contribution in [3.05, 3.63) is 22.2 Å². The lowest BCUT2D eigenvalue weighted by Crippen LogP contribution is -2.12. The highest BCUT2D eigenvalue weighted by atomic mass is 79.9. The van der Waals surface area contributed by atoms with Crippen molar-refractivity contribution in [1.29, 1.82) is 0 Å². The standard InChI is InChI=1S/C14H20BrNO2/c1-17-13-9-10(6-7-16)8-12(15)14(13)18-11-4-2-3-5-11/h8-9,11H,2-7,16H2,1H3. The summed E-state index contributed by atoms with van der Waals surface area (Å²) in [6.45, 7) is 0.637. The average molecular weight is 314 g/mol. The van der Waals surface area contributed by atoms with Crippen LogP contribution in [0.2, 0.25) is 0 Å². The highest BCUT2D eigenvalue weighted by molar-refractivity contribution is 9.10. The van der Waals surface area contributed by atoms with Crippen molar-refractivity contribution in [2.45, 2.75) is 38.2 Å². The van der Waals surface area contributed by atoms with E-state index in [9.17, 15) is 0 Å². The van der Waals surface area contributed by atoms with Crippen LogP contribution < -0.4 is 15.2 Å². The molecule has 1 aliphatic rings. The van der Waals surface area contributed by atoms with Crippen LogP contribution in [0.4, 0.5) is 0 Å². The van der Waals surface area contributed by atoms with E-state index in [1.807, 2.05) is 6.07 Å². The number of nitrogens with two attached hydrogens (primary N) is 1. The molecule has 0 amide bonds. The van der Waals surface area contributed by atoms with Gasteiger partial charge in [-0.05, 0) is 72.3 Å². The normalized spacial score (nSPS) is 15.9. The summed E-state index contributed by atoms with van der Waals surface area (Å²) in [5.41, 5.74) is 6.75. The Hall–Kier alpha value is -0.740. The highest BCUT2D eigenvalue weighted by Gasteiger charge is 2.20. The van der Waals surface area contributed by atoms with Crippen molar-refractivity contribution in [2.75, 3.05) is 13.7 Å². The first-order valence-electron chi connectivity index (χ1n) is 6.47. The van der Waals surface area contributed by atoms with Crippen molar-refractivity contribution < 1.29 is 9.47 Å². The fourth-order valence-electron chi connectivity index (χ4n) is 2.37. The van der Waals surface area contributed by atoms with Gasteiger partial charge in [-0.3, -0.25) is 0 Å². The second-order valence-corrected chi connectivity index (χ2v) is 5.53. The summed E-state index contributed by atoms with van der Waals surface area (Å²) in [6.07, 6.45) is 5.97. The summed E-state index contributed by atoms with van der Waals surface area (Å²) in [5, 5.41) is 0. The van der Waals surface area contributed by atoms with Crippen LogP contribution in [0, 0.1) is 0 Å². The van der Waals surface area contributed by atoms with E-state index in [2.05, 4.69) is 22.0 Å². The average Bonchev–Trinajstić information content (AvgIpc) is 2.85. The molecule has 0 aliphatic heterocycles. The third-order valence-electron chi connectivity index (χ3n) is 3.31. The van der Waals surface area contributed by atoms with Crippen molar-refractivity contribution in [2.24, 2.45) is 5.73 Å². The number of hydrogen-bond donors (Lipinski definition) is 1. The smallest absolute Gasteiger partial charge is 0.175 e. The lowest BCUT2D eigenvalue weighted by Gasteiger charge is -2.18. The molecule has 1 aromatic carbocycles. The lowest BCUT2D eigenvalue weighted by molar-refractivity contribution is 0.199. The fourth-order valence-corrected chi connectivity index (χ4v) is 2.95. The first-order chi connectivity index (χ1) is 8.74. The van der Waals surface area contributed by atoms with Gasteiger partial charge in [0, 0.05) is 0 Å². The lowest BCUT2D eigenvalue weighted by atomic mass is 10.1. The molecule has 1 saturated carbocycles. The maximum absolute atomic E-state index is 6.06. The second-order valence-electron chi connectivity index (χ2n) is 4.67. The molecule has 4 heteroatoms. The van der Waals surface area contributed by atoms with Gasteiger partial charge in [-0.1, -0.05) is 0 Å². The summed E-state index contributed by atoms with van der Waals surface area (Å²) in [5.74, 6) is 1.62. The van der Waals surface area contributed by atoms with E-state index in [0.29, 0.717) is 12.6 Å². The van der Waals surface area contributed by atoms with E-state index in [-0.39, 0.29) is 0 Å². The molecular formula is C14H20BrNO2. The summed E-state index contributed by atoms with van der Waals surface area (Å²) < 4.78 is 12.4. The minimum Gasteiger partial charge on any atom is -0.493 e. The molecular weight excluding hydrogens is 294 g/mol. The van der Waals surface area contributed by atoms with Gasteiger partial charge < -0.3 is 15.2 Å². The van der Waals surface area contributed by atoms with Gasteiger partial charge in [0.2, 0.25) is 0 Å². The quantitative estimate of drug-likeness (QED) is 0.907. The molecule has 0 aromatic heterocycles. The van der Waals surface area contributed by atoms with Crippen LogP contribution in [0.5, 0.6) is 11.5 Å². The molecule has 0 heterocycles. The molecule has 0 radical (unpaired) electrons. The maximum Gasteiger partial charge on any atom is 0.175 e. The molecule has 0 bridgehead atoms. The minimum absolute atomic E-state index is 0.329. The van der Waals surface area contributed by atoms with Crippen LogP contribution >= 0.6 is 15.9 Å². The van der Waals surface area contributed by atoms with Gasteiger partial charge in [0.25, 0.3) is 0 Å². The minimum atomic E-state index is 0.329. The fraction of sp³-hybridized carbons (Fsp3) is 0.571. The molecule has 0 spiro atoms. The van der Waals surface area contributed by atoms with E-state index in [0.717, 1.165) is 35.2 Å². The Morgan fingerprint density at radius 2 is 2.06 bits per heavy atom. The molecule has 1 fully saturated rings. The van der Waals surface area contributed by atoms with Crippen LogP contribution in [0.25, 0.3) is 0 Å². The molecule has 0 unspecified atom stereocenters. The van der Waals surface area contributed by atoms with Gasteiger partial charge in [0.05, 0.1) is 17.7 Å². The van der Waals surface area contributed by atoms with Gasteiger partial charge in [-0.15, -0.1) is 0 Å². The van der Waals surface area contributed by atoms with E-state index >= 15 is 0 Å². The SMILES string of the molecule is COc1cc(CCN)cc(Br)c1OC1CCCC1. The number of methoxy groups -OCH3 is 1. The van der Waals surface area contributed by atoms with Crippen LogP contribution in [-0.2, 0) is 6.42 Å². The molecule has 18 heavy (non-hydrogen) atoms. The predicted molar refractivity (Wildman–Crippen MR) is 76.3 cm³/mol.